The van der Waals surface area contributed by atoms with Crippen LogP contribution in [0.25, 0.3) is 0 Å². The van der Waals surface area contributed by atoms with Crippen LogP contribution in [0.1, 0.15) is 77.6 Å². The summed E-state index contributed by atoms with van der Waals surface area (Å²) >= 11 is 0. The molecule has 1 saturated carbocycles. The molecule has 3 atom stereocenters. The summed E-state index contributed by atoms with van der Waals surface area (Å²) in [4.78, 5) is 0. The second-order valence-electron chi connectivity index (χ2n) is 7.58. The predicted molar refractivity (Wildman–Crippen MR) is 94.7 cm³/mol. The molecule has 2 rings (SSSR count). The fraction of sp³-hybridized carbons (Fsp3) is 0.800. The van der Waals surface area contributed by atoms with E-state index in [0.29, 0.717) is 11.8 Å². The number of hydrogen-bond acceptors (Lipinski definition) is 2. The normalized spacial score (nSPS) is 31.5. The molecular weight excluding hydrogens is 270 g/mol. The number of rotatable bonds is 9. The fourth-order valence-corrected chi connectivity index (χ4v) is 4.03. The Bertz CT molecular complexity index is 387. The molecule has 1 fully saturated rings. The van der Waals surface area contributed by atoms with Gasteiger partial charge in [-0.1, -0.05) is 62.8 Å². The molecule has 2 aliphatic carbocycles. The number of allylic oxidation sites excluding steroid dienone is 4. The van der Waals surface area contributed by atoms with E-state index >= 15 is 0 Å². The highest BCUT2D eigenvalue weighted by Gasteiger charge is 2.37. The fourth-order valence-electron chi connectivity index (χ4n) is 4.03. The Morgan fingerprint density at radius 2 is 2.00 bits per heavy atom. The van der Waals surface area contributed by atoms with Crippen molar-refractivity contribution in [3.8, 4) is 0 Å². The van der Waals surface area contributed by atoms with Gasteiger partial charge in [-0.05, 0) is 50.4 Å². The molecule has 0 aromatic carbocycles. The molecule has 0 spiro atoms. The van der Waals surface area contributed by atoms with Crippen LogP contribution in [-0.4, -0.2) is 17.3 Å². The Kier molecular flexibility index (Phi) is 7.17. The van der Waals surface area contributed by atoms with Gasteiger partial charge in [-0.3, -0.25) is 0 Å². The van der Waals surface area contributed by atoms with Gasteiger partial charge in [0.2, 0.25) is 0 Å². The quantitative estimate of drug-likeness (QED) is 0.605. The summed E-state index contributed by atoms with van der Waals surface area (Å²) in [6, 6.07) is 0. The van der Waals surface area contributed by atoms with Crippen LogP contribution in [0.2, 0.25) is 0 Å². The number of aliphatic hydroxyl groups is 1. The molecule has 2 heteroatoms. The summed E-state index contributed by atoms with van der Waals surface area (Å²) in [5.41, 5.74) is 7.44. The first-order chi connectivity index (χ1) is 10.7. The smallest absolute Gasteiger partial charge is 0.0611 e. The van der Waals surface area contributed by atoms with E-state index in [-0.39, 0.29) is 12.1 Å². The lowest BCUT2D eigenvalue weighted by Gasteiger charge is -2.25. The van der Waals surface area contributed by atoms with E-state index in [4.69, 9.17) is 5.73 Å². The SMILES string of the molecule is CCCCCCCCC1=CCC([C@H]2CC[C@](N)(CO)C2)C=C1. The van der Waals surface area contributed by atoms with Crippen molar-refractivity contribution >= 4 is 0 Å². The van der Waals surface area contributed by atoms with Crippen LogP contribution in [0.15, 0.2) is 23.8 Å². The minimum Gasteiger partial charge on any atom is -0.394 e. The van der Waals surface area contributed by atoms with E-state index < -0.39 is 0 Å². The van der Waals surface area contributed by atoms with Gasteiger partial charge in [-0.15, -0.1) is 0 Å². The van der Waals surface area contributed by atoms with Crippen molar-refractivity contribution in [1.82, 2.24) is 0 Å². The first-order valence-electron chi connectivity index (χ1n) is 9.44. The molecule has 126 valence electrons. The third-order valence-electron chi connectivity index (χ3n) is 5.63. The zero-order valence-electron chi connectivity index (χ0n) is 14.4. The van der Waals surface area contributed by atoms with Crippen molar-refractivity contribution < 1.29 is 5.11 Å². The molecule has 2 aliphatic rings. The highest BCUT2D eigenvalue weighted by atomic mass is 16.3. The maximum Gasteiger partial charge on any atom is 0.0611 e. The molecule has 0 radical (unpaired) electrons. The van der Waals surface area contributed by atoms with Crippen LogP contribution in [0, 0.1) is 11.8 Å². The summed E-state index contributed by atoms with van der Waals surface area (Å²) in [6.45, 7) is 2.41. The molecule has 0 aromatic heterocycles. The molecule has 0 heterocycles. The van der Waals surface area contributed by atoms with Crippen LogP contribution in [-0.2, 0) is 0 Å². The van der Waals surface area contributed by atoms with Gasteiger partial charge >= 0.3 is 0 Å². The second-order valence-corrected chi connectivity index (χ2v) is 7.58. The van der Waals surface area contributed by atoms with Crippen molar-refractivity contribution in [2.45, 2.75) is 83.1 Å². The van der Waals surface area contributed by atoms with Gasteiger partial charge in [0.05, 0.1) is 6.61 Å². The number of nitrogens with two attached hydrogens (primary N) is 1. The maximum absolute atomic E-state index is 9.40. The topological polar surface area (TPSA) is 46.2 Å². The lowest BCUT2D eigenvalue weighted by molar-refractivity contribution is 0.192. The van der Waals surface area contributed by atoms with Gasteiger partial charge in [0.1, 0.15) is 0 Å². The van der Waals surface area contributed by atoms with Gasteiger partial charge in [-0.2, -0.15) is 0 Å². The zero-order valence-corrected chi connectivity index (χ0v) is 14.4. The van der Waals surface area contributed by atoms with Gasteiger partial charge in [0.25, 0.3) is 0 Å². The molecule has 22 heavy (non-hydrogen) atoms. The van der Waals surface area contributed by atoms with Crippen molar-refractivity contribution in [2.75, 3.05) is 6.61 Å². The zero-order chi connectivity index (χ0) is 15.8. The predicted octanol–water partition coefficient (Wildman–Crippen LogP) is 4.73. The summed E-state index contributed by atoms with van der Waals surface area (Å²) in [6.07, 6.45) is 21.0. The van der Waals surface area contributed by atoms with E-state index in [1.54, 1.807) is 0 Å². The summed E-state index contributed by atoms with van der Waals surface area (Å²) in [7, 11) is 0. The Morgan fingerprint density at radius 1 is 1.23 bits per heavy atom. The van der Waals surface area contributed by atoms with Crippen LogP contribution in [0.4, 0.5) is 0 Å². The first kappa shape index (κ1) is 17.7. The Labute approximate surface area is 136 Å². The summed E-state index contributed by atoms with van der Waals surface area (Å²) in [5, 5.41) is 9.40. The average Bonchev–Trinajstić information content (AvgIpc) is 2.94. The van der Waals surface area contributed by atoms with E-state index in [1.165, 1.54) is 63.4 Å². The third-order valence-corrected chi connectivity index (χ3v) is 5.63. The van der Waals surface area contributed by atoms with Crippen LogP contribution in [0.5, 0.6) is 0 Å². The van der Waals surface area contributed by atoms with Crippen molar-refractivity contribution in [1.29, 1.82) is 0 Å². The Hall–Kier alpha value is -0.600. The van der Waals surface area contributed by atoms with E-state index in [2.05, 4.69) is 25.2 Å². The van der Waals surface area contributed by atoms with Gasteiger partial charge < -0.3 is 10.8 Å². The van der Waals surface area contributed by atoms with Gasteiger partial charge in [0, 0.05) is 5.54 Å². The lowest BCUT2D eigenvalue weighted by Crippen LogP contribution is -2.41. The largest absolute Gasteiger partial charge is 0.394 e. The minimum absolute atomic E-state index is 0.138. The monoisotopic (exact) mass is 305 g/mol. The molecule has 0 saturated heterocycles. The van der Waals surface area contributed by atoms with E-state index in [1.807, 2.05) is 0 Å². The third kappa shape index (κ3) is 5.24. The van der Waals surface area contributed by atoms with Crippen molar-refractivity contribution in [2.24, 2.45) is 17.6 Å². The highest BCUT2D eigenvalue weighted by molar-refractivity contribution is 5.24. The summed E-state index contributed by atoms with van der Waals surface area (Å²) < 4.78 is 0. The van der Waals surface area contributed by atoms with Crippen LogP contribution < -0.4 is 5.73 Å². The van der Waals surface area contributed by atoms with Crippen LogP contribution in [0.3, 0.4) is 0 Å². The first-order valence-corrected chi connectivity index (χ1v) is 9.44. The van der Waals surface area contributed by atoms with E-state index in [0.717, 1.165) is 12.8 Å². The lowest BCUT2D eigenvalue weighted by atomic mass is 9.82. The van der Waals surface area contributed by atoms with E-state index in [9.17, 15) is 5.11 Å². The van der Waals surface area contributed by atoms with Crippen LogP contribution >= 0.6 is 0 Å². The molecule has 1 unspecified atom stereocenters. The van der Waals surface area contributed by atoms with Gasteiger partial charge in [-0.25, -0.2) is 0 Å². The average molecular weight is 306 g/mol. The molecule has 0 amide bonds. The number of unbranched alkanes of at least 4 members (excludes halogenated alkanes) is 5. The second kappa shape index (κ2) is 8.88. The van der Waals surface area contributed by atoms with Crippen molar-refractivity contribution in [3.05, 3.63) is 23.8 Å². The molecule has 0 aromatic rings. The molecule has 0 aliphatic heterocycles. The Balaban J connectivity index is 1.65. The van der Waals surface area contributed by atoms with Gasteiger partial charge in [0.15, 0.2) is 0 Å². The molecular formula is C20H35NO. The highest BCUT2D eigenvalue weighted by Crippen LogP contribution is 2.40. The van der Waals surface area contributed by atoms with Crippen molar-refractivity contribution in [3.63, 3.8) is 0 Å². The number of hydrogen-bond donors (Lipinski definition) is 2. The Morgan fingerprint density at radius 3 is 2.64 bits per heavy atom. The standard InChI is InChI=1S/C20H35NO/c1-2-3-4-5-6-7-8-17-9-11-18(12-10-17)19-13-14-20(21,15-19)16-22/h9-11,18-19,22H,2-8,12-16,21H2,1H3/t18?,19-,20+/m0/s1. The molecule has 3 N–H and O–H groups in total. The summed E-state index contributed by atoms with van der Waals surface area (Å²) in [5.74, 6) is 1.31. The maximum atomic E-state index is 9.40. The minimum atomic E-state index is -0.305. The molecule has 0 bridgehead atoms. The molecule has 2 nitrogen and oxygen atoms in total. The number of aliphatic hydroxyl groups excluding tert-OH is 1.